The van der Waals surface area contributed by atoms with Gasteiger partial charge in [-0.2, -0.15) is 5.10 Å². The lowest BCUT2D eigenvalue weighted by molar-refractivity contribution is -0.136. The summed E-state index contributed by atoms with van der Waals surface area (Å²) in [4.78, 5) is 28.3. The van der Waals surface area contributed by atoms with Crippen molar-refractivity contribution in [3.05, 3.63) is 30.1 Å². The third-order valence-corrected chi connectivity index (χ3v) is 5.90. The van der Waals surface area contributed by atoms with E-state index in [0.717, 1.165) is 0 Å². The van der Waals surface area contributed by atoms with Crippen LogP contribution in [0.4, 0.5) is 16.2 Å². The molecule has 0 spiro atoms. The topological polar surface area (TPSA) is 110 Å². The Bertz CT molecular complexity index is 1070. The molecule has 3 rings (SSSR count). The van der Waals surface area contributed by atoms with Crippen molar-refractivity contribution >= 4 is 40.7 Å². The third-order valence-electron chi connectivity index (χ3n) is 5.69. The van der Waals surface area contributed by atoms with E-state index in [1.54, 1.807) is 60.9 Å². The molecule has 11 nitrogen and oxygen atoms in total. The number of aryl methyl sites for hydroxylation is 1. The number of piperazine rings is 1. The van der Waals surface area contributed by atoms with E-state index in [1.807, 2.05) is 13.0 Å². The third kappa shape index (κ3) is 6.32. The van der Waals surface area contributed by atoms with Gasteiger partial charge in [0.1, 0.15) is 17.5 Å². The Morgan fingerprint density at radius 3 is 2.37 bits per heavy atom. The van der Waals surface area contributed by atoms with Crippen molar-refractivity contribution < 1.29 is 23.8 Å². The van der Waals surface area contributed by atoms with Crippen LogP contribution in [-0.2, 0) is 9.53 Å². The first kappa shape index (κ1) is 26.1. The van der Waals surface area contributed by atoms with Crippen LogP contribution in [0.2, 0.25) is 0 Å². The first-order chi connectivity index (χ1) is 16.8. The predicted molar refractivity (Wildman–Crippen MR) is 136 cm³/mol. The molecule has 1 atom stereocenters. The number of amides is 2. The number of ether oxygens (including phenoxy) is 3. The highest BCUT2D eigenvalue weighted by atomic mass is 32.1. The molecule has 2 N–H and O–H groups in total. The second-order valence-electron chi connectivity index (χ2n) is 7.94. The van der Waals surface area contributed by atoms with Gasteiger partial charge in [-0.3, -0.25) is 9.48 Å². The van der Waals surface area contributed by atoms with Gasteiger partial charge in [0.15, 0.2) is 5.11 Å². The Kier molecular flexibility index (Phi) is 8.74. The van der Waals surface area contributed by atoms with E-state index in [4.69, 9.17) is 26.4 Å². The highest BCUT2D eigenvalue weighted by Crippen LogP contribution is 2.29. The fourth-order valence-electron chi connectivity index (χ4n) is 3.68. The van der Waals surface area contributed by atoms with Crippen LogP contribution in [0, 0.1) is 6.92 Å². The monoisotopic (exact) mass is 504 g/mol. The highest BCUT2D eigenvalue weighted by Gasteiger charge is 2.29. The number of nitrogens with zero attached hydrogens (tertiary/aromatic N) is 4. The number of hydrogen-bond donors (Lipinski definition) is 2. The van der Waals surface area contributed by atoms with E-state index in [1.165, 1.54) is 0 Å². The molecule has 1 unspecified atom stereocenters. The molecule has 0 radical (unpaired) electrons. The molecule has 1 aliphatic rings. The molecule has 1 fully saturated rings. The van der Waals surface area contributed by atoms with Crippen molar-refractivity contribution in [2.24, 2.45) is 0 Å². The zero-order valence-corrected chi connectivity index (χ0v) is 21.5. The second kappa shape index (κ2) is 11.7. The molecule has 35 heavy (non-hydrogen) atoms. The number of benzene rings is 1. The molecule has 0 aliphatic carbocycles. The zero-order valence-electron chi connectivity index (χ0n) is 20.7. The molecule has 0 saturated carbocycles. The lowest BCUT2D eigenvalue weighted by Gasteiger charge is -2.35. The van der Waals surface area contributed by atoms with Crippen molar-refractivity contribution in [2.45, 2.75) is 26.8 Å². The summed E-state index contributed by atoms with van der Waals surface area (Å²) in [7, 11) is 3.16. The van der Waals surface area contributed by atoms with Crippen LogP contribution in [0.25, 0.3) is 0 Å². The van der Waals surface area contributed by atoms with Crippen LogP contribution in [0.15, 0.2) is 24.4 Å². The summed E-state index contributed by atoms with van der Waals surface area (Å²) in [5, 5.41) is 11.1. The number of aromatic nitrogens is 2. The SMILES string of the molecule is CCOC(=O)N1CCN(C(=O)C(C)n2cc(NC(=S)Nc3ccc(OC)cc3OC)c(C)n2)CC1. The van der Waals surface area contributed by atoms with Crippen LogP contribution in [0.3, 0.4) is 0 Å². The quantitative estimate of drug-likeness (QED) is 0.550. The standard InChI is InChI=1S/C23H32N6O5S/c1-6-34-23(31)28-11-9-27(10-12-28)21(30)16(3)29-14-19(15(2)26-29)25-22(35)24-18-8-7-17(32-4)13-20(18)33-5/h7-8,13-14,16H,6,9-12H2,1-5H3,(H2,24,25,35). The molecule has 2 aromatic rings. The molecule has 190 valence electrons. The van der Waals surface area contributed by atoms with E-state index >= 15 is 0 Å². The largest absolute Gasteiger partial charge is 0.497 e. The van der Waals surface area contributed by atoms with Gasteiger partial charge < -0.3 is 34.6 Å². The highest BCUT2D eigenvalue weighted by molar-refractivity contribution is 7.80. The van der Waals surface area contributed by atoms with Crippen molar-refractivity contribution in [3.63, 3.8) is 0 Å². The molecule has 2 amide bonds. The molecular formula is C23H32N6O5S. The van der Waals surface area contributed by atoms with E-state index in [0.29, 0.717) is 66.5 Å². The summed E-state index contributed by atoms with van der Waals surface area (Å²) < 4.78 is 17.3. The normalized spacial score (nSPS) is 14.2. The van der Waals surface area contributed by atoms with Gasteiger partial charge in [0.2, 0.25) is 5.91 Å². The van der Waals surface area contributed by atoms with Gasteiger partial charge in [0.05, 0.1) is 37.9 Å². The number of thiocarbonyl (C=S) groups is 1. The summed E-state index contributed by atoms with van der Waals surface area (Å²) in [6.45, 7) is 7.52. The van der Waals surface area contributed by atoms with Gasteiger partial charge in [-0.05, 0) is 45.1 Å². The number of anilines is 2. The Morgan fingerprint density at radius 2 is 1.74 bits per heavy atom. The van der Waals surface area contributed by atoms with E-state index < -0.39 is 6.04 Å². The number of rotatable bonds is 7. The summed E-state index contributed by atoms with van der Waals surface area (Å²) in [6.07, 6.45) is 1.41. The molecule has 1 saturated heterocycles. The maximum atomic E-state index is 13.1. The summed E-state index contributed by atoms with van der Waals surface area (Å²) in [5.41, 5.74) is 2.06. The van der Waals surface area contributed by atoms with Crippen LogP contribution in [-0.4, -0.2) is 83.7 Å². The maximum Gasteiger partial charge on any atom is 0.409 e. The lowest BCUT2D eigenvalue weighted by Crippen LogP contribution is -2.52. The van der Waals surface area contributed by atoms with Crippen molar-refractivity contribution in [2.75, 3.05) is 57.6 Å². The van der Waals surface area contributed by atoms with E-state index in [2.05, 4.69) is 15.7 Å². The van der Waals surface area contributed by atoms with Crippen LogP contribution < -0.4 is 20.1 Å². The number of hydrogen-bond acceptors (Lipinski definition) is 7. The lowest BCUT2D eigenvalue weighted by atomic mass is 10.2. The Balaban J connectivity index is 1.60. The number of methoxy groups -OCH3 is 2. The van der Waals surface area contributed by atoms with Gasteiger partial charge in [0.25, 0.3) is 0 Å². The molecule has 12 heteroatoms. The van der Waals surface area contributed by atoms with Crippen molar-refractivity contribution in [1.29, 1.82) is 0 Å². The molecule has 1 aromatic heterocycles. The van der Waals surface area contributed by atoms with Crippen molar-refractivity contribution in [1.82, 2.24) is 19.6 Å². The van der Waals surface area contributed by atoms with Gasteiger partial charge in [-0.1, -0.05) is 0 Å². The smallest absolute Gasteiger partial charge is 0.409 e. The minimum Gasteiger partial charge on any atom is -0.497 e. The molecular weight excluding hydrogens is 472 g/mol. The molecule has 1 aliphatic heterocycles. The number of nitrogens with one attached hydrogen (secondary N) is 2. The average Bonchev–Trinajstić information content (AvgIpc) is 3.23. The fourth-order valence-corrected chi connectivity index (χ4v) is 3.90. The molecule has 2 heterocycles. The van der Waals surface area contributed by atoms with Crippen LogP contribution >= 0.6 is 12.2 Å². The fraction of sp³-hybridized carbons (Fsp3) is 0.478. The van der Waals surface area contributed by atoms with Crippen molar-refractivity contribution in [3.8, 4) is 11.5 Å². The average molecular weight is 505 g/mol. The maximum absolute atomic E-state index is 13.1. The first-order valence-corrected chi connectivity index (χ1v) is 11.7. The minimum absolute atomic E-state index is 0.0637. The van der Waals surface area contributed by atoms with E-state index in [-0.39, 0.29) is 12.0 Å². The van der Waals surface area contributed by atoms with E-state index in [9.17, 15) is 9.59 Å². The predicted octanol–water partition coefficient (Wildman–Crippen LogP) is 2.88. The zero-order chi connectivity index (χ0) is 25.5. The summed E-state index contributed by atoms with van der Waals surface area (Å²) in [5.74, 6) is 1.19. The minimum atomic E-state index is -0.512. The summed E-state index contributed by atoms with van der Waals surface area (Å²) in [6, 6.07) is 4.86. The number of carbonyl (C=O) groups is 2. The molecule has 0 bridgehead atoms. The van der Waals surface area contributed by atoms with Gasteiger partial charge >= 0.3 is 6.09 Å². The number of carbonyl (C=O) groups excluding carboxylic acids is 2. The second-order valence-corrected chi connectivity index (χ2v) is 8.35. The Hall–Kier alpha value is -3.54. The van der Waals surface area contributed by atoms with Crippen LogP contribution in [0.1, 0.15) is 25.6 Å². The first-order valence-electron chi connectivity index (χ1n) is 11.3. The van der Waals surface area contributed by atoms with Gasteiger partial charge in [-0.15, -0.1) is 0 Å². The van der Waals surface area contributed by atoms with Crippen LogP contribution in [0.5, 0.6) is 11.5 Å². The van der Waals surface area contributed by atoms with Gasteiger partial charge in [0, 0.05) is 38.4 Å². The Labute approximate surface area is 210 Å². The Morgan fingerprint density at radius 1 is 1.09 bits per heavy atom. The van der Waals surface area contributed by atoms with Gasteiger partial charge in [-0.25, -0.2) is 4.79 Å². The molecule has 1 aromatic carbocycles. The summed E-state index contributed by atoms with van der Waals surface area (Å²) >= 11 is 5.46.